The lowest BCUT2D eigenvalue weighted by atomic mass is 10.7. The lowest BCUT2D eigenvalue weighted by molar-refractivity contribution is 0.206. The Morgan fingerprint density at radius 2 is 2.25 bits per heavy atom. The maximum Gasteiger partial charge on any atom is 0.207 e. The molecule has 0 bridgehead atoms. The van der Waals surface area contributed by atoms with E-state index >= 15 is 0 Å². The summed E-state index contributed by atoms with van der Waals surface area (Å²) in [6, 6.07) is 0. The minimum atomic E-state index is 0.190. The van der Waals surface area contributed by atoms with E-state index in [1.165, 1.54) is 7.11 Å². The van der Waals surface area contributed by atoms with Crippen molar-refractivity contribution in [1.29, 1.82) is 5.41 Å². The fraction of sp³-hybridized carbons (Fsp3) is 0.800. The van der Waals surface area contributed by atoms with Gasteiger partial charge in [-0.3, -0.25) is 5.41 Å². The van der Waals surface area contributed by atoms with Gasteiger partial charge in [-0.15, -0.1) is 0 Å². The van der Waals surface area contributed by atoms with Crippen LogP contribution in [-0.4, -0.2) is 26.2 Å². The summed E-state index contributed by atoms with van der Waals surface area (Å²) in [4.78, 5) is 0. The summed E-state index contributed by atoms with van der Waals surface area (Å²) in [5.41, 5.74) is 0. The Kier molecular flexibility index (Phi) is 4.26. The summed E-state index contributed by atoms with van der Waals surface area (Å²) >= 11 is 0. The fourth-order valence-electron chi connectivity index (χ4n) is 0.347. The molecule has 0 fully saturated rings. The maximum atomic E-state index is 6.94. The average molecular weight is 117 g/mol. The summed E-state index contributed by atoms with van der Waals surface area (Å²) in [6.45, 7) is 2.65. The van der Waals surface area contributed by atoms with Gasteiger partial charge in [0.25, 0.3) is 0 Å². The minimum absolute atomic E-state index is 0.190. The SMILES string of the molecule is CCOC(=N)COC. The first-order valence-electron chi connectivity index (χ1n) is 2.50. The second kappa shape index (κ2) is 4.59. The third kappa shape index (κ3) is 3.61. The van der Waals surface area contributed by atoms with Crippen LogP contribution in [0.25, 0.3) is 0 Å². The molecule has 0 spiro atoms. The quantitative estimate of drug-likeness (QED) is 0.435. The highest BCUT2D eigenvalue weighted by Crippen LogP contribution is 1.77. The second-order valence-corrected chi connectivity index (χ2v) is 1.29. The first-order chi connectivity index (χ1) is 3.81. The van der Waals surface area contributed by atoms with Gasteiger partial charge in [-0.05, 0) is 6.92 Å². The van der Waals surface area contributed by atoms with E-state index in [0.29, 0.717) is 6.61 Å². The van der Waals surface area contributed by atoms with Crippen LogP contribution in [0.15, 0.2) is 0 Å². The Balaban J connectivity index is 3.06. The van der Waals surface area contributed by atoms with Crippen molar-refractivity contribution in [2.45, 2.75) is 6.92 Å². The van der Waals surface area contributed by atoms with Gasteiger partial charge < -0.3 is 9.47 Å². The summed E-state index contributed by atoms with van der Waals surface area (Å²) in [7, 11) is 1.54. The molecular formula is C5H11NO2. The third-order valence-electron chi connectivity index (χ3n) is 0.594. The van der Waals surface area contributed by atoms with Crippen molar-refractivity contribution in [2.75, 3.05) is 20.3 Å². The van der Waals surface area contributed by atoms with E-state index in [0.717, 1.165) is 0 Å². The van der Waals surface area contributed by atoms with Crippen molar-refractivity contribution in [3.8, 4) is 0 Å². The highest BCUT2D eigenvalue weighted by molar-refractivity contribution is 5.73. The van der Waals surface area contributed by atoms with Crippen LogP contribution in [0.5, 0.6) is 0 Å². The molecule has 0 aromatic carbocycles. The van der Waals surface area contributed by atoms with Crippen molar-refractivity contribution < 1.29 is 9.47 Å². The molecule has 8 heavy (non-hydrogen) atoms. The molecular weight excluding hydrogens is 106 g/mol. The van der Waals surface area contributed by atoms with Crippen LogP contribution >= 0.6 is 0 Å². The van der Waals surface area contributed by atoms with Crippen LogP contribution in [0, 0.1) is 5.41 Å². The molecule has 0 aliphatic heterocycles. The summed E-state index contributed by atoms with van der Waals surface area (Å²) in [5, 5.41) is 6.94. The largest absolute Gasteiger partial charge is 0.480 e. The molecule has 0 amide bonds. The number of nitrogens with one attached hydrogen (secondary N) is 1. The molecule has 48 valence electrons. The third-order valence-corrected chi connectivity index (χ3v) is 0.594. The zero-order valence-corrected chi connectivity index (χ0v) is 5.23. The smallest absolute Gasteiger partial charge is 0.207 e. The van der Waals surface area contributed by atoms with Gasteiger partial charge in [0.05, 0.1) is 6.61 Å². The van der Waals surface area contributed by atoms with Crippen LogP contribution in [0.1, 0.15) is 6.92 Å². The van der Waals surface area contributed by atoms with Gasteiger partial charge in [0.15, 0.2) is 0 Å². The molecule has 0 aliphatic carbocycles. The number of hydrogen-bond donors (Lipinski definition) is 1. The Morgan fingerprint density at radius 1 is 1.62 bits per heavy atom. The van der Waals surface area contributed by atoms with Gasteiger partial charge in [0, 0.05) is 7.11 Å². The summed E-state index contributed by atoms with van der Waals surface area (Å²) < 4.78 is 9.35. The number of methoxy groups -OCH3 is 1. The van der Waals surface area contributed by atoms with E-state index in [2.05, 4.69) is 4.74 Å². The topological polar surface area (TPSA) is 42.3 Å². The van der Waals surface area contributed by atoms with Gasteiger partial charge in [0.2, 0.25) is 5.90 Å². The molecule has 0 aromatic rings. The van der Waals surface area contributed by atoms with E-state index < -0.39 is 0 Å². The van der Waals surface area contributed by atoms with E-state index in [-0.39, 0.29) is 12.5 Å². The predicted molar refractivity (Wildman–Crippen MR) is 31.2 cm³/mol. The molecule has 0 aromatic heterocycles. The van der Waals surface area contributed by atoms with E-state index in [1.54, 1.807) is 0 Å². The second-order valence-electron chi connectivity index (χ2n) is 1.29. The van der Waals surface area contributed by atoms with Crippen LogP contribution in [0.4, 0.5) is 0 Å². The predicted octanol–water partition coefficient (Wildman–Crippen LogP) is 0.647. The Bertz CT molecular complexity index is 64.8. The summed E-state index contributed by atoms with van der Waals surface area (Å²) in [6.07, 6.45) is 0. The zero-order chi connectivity index (χ0) is 6.41. The van der Waals surface area contributed by atoms with E-state index in [4.69, 9.17) is 10.1 Å². The van der Waals surface area contributed by atoms with Gasteiger partial charge in [0.1, 0.15) is 6.61 Å². The van der Waals surface area contributed by atoms with Crippen LogP contribution in [-0.2, 0) is 9.47 Å². The van der Waals surface area contributed by atoms with Crippen molar-refractivity contribution in [1.82, 2.24) is 0 Å². The molecule has 1 N–H and O–H groups in total. The zero-order valence-electron chi connectivity index (χ0n) is 5.23. The van der Waals surface area contributed by atoms with Crippen molar-refractivity contribution in [3.63, 3.8) is 0 Å². The lowest BCUT2D eigenvalue weighted by Gasteiger charge is -2.00. The number of hydrogen-bond acceptors (Lipinski definition) is 3. The molecule has 0 rings (SSSR count). The number of rotatable bonds is 3. The molecule has 0 aliphatic rings. The monoisotopic (exact) mass is 117 g/mol. The molecule has 0 saturated carbocycles. The molecule has 0 heterocycles. The van der Waals surface area contributed by atoms with Crippen LogP contribution in [0.2, 0.25) is 0 Å². The van der Waals surface area contributed by atoms with E-state index in [1.807, 2.05) is 6.92 Å². The average Bonchev–Trinajstić information content (AvgIpc) is 1.68. The fourth-order valence-corrected chi connectivity index (χ4v) is 0.347. The normalized spacial score (nSPS) is 8.75. The van der Waals surface area contributed by atoms with Gasteiger partial charge in [-0.2, -0.15) is 0 Å². The summed E-state index contributed by atoms with van der Waals surface area (Å²) in [5.74, 6) is 0.190. The Hall–Kier alpha value is -0.570. The van der Waals surface area contributed by atoms with Gasteiger partial charge >= 0.3 is 0 Å². The minimum Gasteiger partial charge on any atom is -0.480 e. The molecule has 3 nitrogen and oxygen atoms in total. The highest BCUT2D eigenvalue weighted by atomic mass is 16.5. The Labute approximate surface area is 49.1 Å². The molecule has 0 saturated heterocycles. The van der Waals surface area contributed by atoms with Crippen molar-refractivity contribution >= 4 is 5.90 Å². The number of ether oxygens (including phenoxy) is 2. The van der Waals surface area contributed by atoms with Gasteiger partial charge in [-0.25, -0.2) is 0 Å². The first-order valence-corrected chi connectivity index (χ1v) is 2.50. The van der Waals surface area contributed by atoms with Crippen LogP contribution < -0.4 is 0 Å². The van der Waals surface area contributed by atoms with Crippen molar-refractivity contribution in [3.05, 3.63) is 0 Å². The maximum absolute atomic E-state index is 6.94. The van der Waals surface area contributed by atoms with Gasteiger partial charge in [-0.1, -0.05) is 0 Å². The molecule has 0 atom stereocenters. The molecule has 0 radical (unpaired) electrons. The lowest BCUT2D eigenvalue weighted by Crippen LogP contribution is -2.09. The Morgan fingerprint density at radius 3 is 2.62 bits per heavy atom. The molecule has 0 unspecified atom stereocenters. The first kappa shape index (κ1) is 7.43. The highest BCUT2D eigenvalue weighted by Gasteiger charge is 1.90. The molecule has 3 heteroatoms. The van der Waals surface area contributed by atoms with Crippen LogP contribution in [0.3, 0.4) is 0 Å². The van der Waals surface area contributed by atoms with Crippen molar-refractivity contribution in [2.24, 2.45) is 0 Å². The van der Waals surface area contributed by atoms with E-state index in [9.17, 15) is 0 Å². The standard InChI is InChI=1S/C5H11NO2/c1-3-8-5(6)4-7-2/h6H,3-4H2,1-2H3.